The van der Waals surface area contributed by atoms with Crippen molar-refractivity contribution in [3.63, 3.8) is 0 Å². The summed E-state index contributed by atoms with van der Waals surface area (Å²) in [4.78, 5) is 0. The third-order valence-corrected chi connectivity index (χ3v) is 7.24. The van der Waals surface area contributed by atoms with Crippen molar-refractivity contribution in [2.75, 3.05) is 0 Å². The smallest absolute Gasteiger partial charge is 0.0659 e. The number of hydrogen-bond donors (Lipinski definition) is 2. The molecule has 0 aromatic heterocycles. The number of aliphatic hydroxyl groups is 1. The summed E-state index contributed by atoms with van der Waals surface area (Å²) in [7, 11) is 0. The van der Waals surface area contributed by atoms with Crippen LogP contribution in [0.15, 0.2) is 24.3 Å². The van der Waals surface area contributed by atoms with Crippen LogP contribution in [-0.4, -0.2) is 22.8 Å². The van der Waals surface area contributed by atoms with Crippen molar-refractivity contribution in [2.45, 2.75) is 76.5 Å². The summed E-state index contributed by atoms with van der Waals surface area (Å²) in [6.45, 7) is 4.63. The van der Waals surface area contributed by atoms with Gasteiger partial charge in [0.1, 0.15) is 0 Å². The van der Waals surface area contributed by atoms with E-state index >= 15 is 0 Å². The summed E-state index contributed by atoms with van der Waals surface area (Å²) in [5.41, 5.74) is 1.28. The molecule has 5 rings (SSSR count). The number of nitrogens with one attached hydrogen (secondary N) is 1. The van der Waals surface area contributed by atoms with E-state index in [0.29, 0.717) is 17.5 Å². The van der Waals surface area contributed by atoms with Gasteiger partial charge in [-0.15, -0.1) is 0 Å². The van der Waals surface area contributed by atoms with Gasteiger partial charge in [0, 0.05) is 17.1 Å². The van der Waals surface area contributed by atoms with Crippen molar-refractivity contribution >= 4 is 11.6 Å². The fourth-order valence-corrected chi connectivity index (χ4v) is 6.55. The Balaban J connectivity index is 1.42. The van der Waals surface area contributed by atoms with Crippen molar-refractivity contribution < 1.29 is 5.11 Å². The molecule has 0 aliphatic heterocycles. The van der Waals surface area contributed by atoms with E-state index in [1.165, 1.54) is 24.8 Å². The number of hydrogen-bond acceptors (Lipinski definition) is 2. The standard InChI is InChI=1S/C21H30ClNO/c1-14(7-16-3-5-19(22)6-4-16)23-15(2)20-9-17-8-18(10-20)12-21(24,11-17)13-20/h3-6,14-15,17-18,23-24H,7-13H2,1-2H3. The molecule has 132 valence electrons. The zero-order valence-corrected chi connectivity index (χ0v) is 15.6. The SMILES string of the molecule is CC(Cc1ccc(Cl)cc1)NC(C)C12CC3CC(CC(O)(C3)C1)C2. The highest BCUT2D eigenvalue weighted by Gasteiger charge is 2.58. The number of benzene rings is 1. The summed E-state index contributed by atoms with van der Waals surface area (Å²) in [5, 5.41) is 15.6. The van der Waals surface area contributed by atoms with Gasteiger partial charge in [0.15, 0.2) is 0 Å². The van der Waals surface area contributed by atoms with Gasteiger partial charge < -0.3 is 10.4 Å². The maximum atomic E-state index is 11.0. The van der Waals surface area contributed by atoms with Crippen LogP contribution < -0.4 is 5.32 Å². The van der Waals surface area contributed by atoms with E-state index in [1.807, 2.05) is 12.1 Å². The molecule has 4 fully saturated rings. The Kier molecular flexibility index (Phi) is 4.22. The van der Waals surface area contributed by atoms with Crippen molar-refractivity contribution in [1.29, 1.82) is 0 Å². The Labute approximate surface area is 151 Å². The van der Waals surface area contributed by atoms with Crippen molar-refractivity contribution in [1.82, 2.24) is 5.32 Å². The van der Waals surface area contributed by atoms with Crippen LogP contribution in [0.25, 0.3) is 0 Å². The second-order valence-corrected chi connectivity index (χ2v) is 9.60. The minimum absolute atomic E-state index is 0.313. The van der Waals surface area contributed by atoms with Gasteiger partial charge in [0.25, 0.3) is 0 Å². The molecule has 0 amide bonds. The number of halogens is 1. The van der Waals surface area contributed by atoms with E-state index in [1.54, 1.807) is 0 Å². The molecule has 3 heteroatoms. The first-order chi connectivity index (χ1) is 11.4. The largest absolute Gasteiger partial charge is 0.390 e. The van der Waals surface area contributed by atoms with Gasteiger partial charge in [-0.25, -0.2) is 0 Å². The summed E-state index contributed by atoms with van der Waals surface area (Å²) in [5.74, 6) is 1.51. The fraction of sp³-hybridized carbons (Fsp3) is 0.714. The van der Waals surface area contributed by atoms with Crippen LogP contribution in [0.4, 0.5) is 0 Å². The second-order valence-electron chi connectivity index (χ2n) is 9.17. The molecule has 4 aliphatic carbocycles. The Morgan fingerprint density at radius 1 is 1.12 bits per heavy atom. The first kappa shape index (κ1) is 16.9. The molecule has 4 atom stereocenters. The van der Waals surface area contributed by atoms with Crippen molar-refractivity contribution in [3.8, 4) is 0 Å². The highest BCUT2D eigenvalue weighted by Crippen LogP contribution is 2.62. The lowest BCUT2D eigenvalue weighted by molar-refractivity contribution is -0.172. The molecule has 1 aromatic carbocycles. The molecule has 4 bridgehead atoms. The highest BCUT2D eigenvalue weighted by molar-refractivity contribution is 6.30. The molecule has 24 heavy (non-hydrogen) atoms. The zero-order chi connectivity index (χ0) is 16.9. The molecule has 2 N–H and O–H groups in total. The van der Waals surface area contributed by atoms with Gasteiger partial charge in [-0.3, -0.25) is 0 Å². The molecular weight excluding hydrogens is 318 g/mol. The summed E-state index contributed by atoms with van der Waals surface area (Å²) >= 11 is 5.98. The van der Waals surface area contributed by atoms with Gasteiger partial charge in [0.2, 0.25) is 0 Å². The predicted molar refractivity (Wildman–Crippen MR) is 99.3 cm³/mol. The monoisotopic (exact) mass is 347 g/mol. The topological polar surface area (TPSA) is 32.3 Å². The minimum atomic E-state index is -0.362. The maximum Gasteiger partial charge on any atom is 0.0659 e. The van der Waals surface area contributed by atoms with Crippen LogP contribution >= 0.6 is 11.6 Å². The van der Waals surface area contributed by atoms with Crippen LogP contribution in [0.1, 0.15) is 57.9 Å². The quantitative estimate of drug-likeness (QED) is 0.817. The lowest BCUT2D eigenvalue weighted by atomic mass is 9.46. The van der Waals surface area contributed by atoms with Crippen molar-refractivity contribution in [2.24, 2.45) is 17.3 Å². The zero-order valence-electron chi connectivity index (χ0n) is 14.9. The Morgan fingerprint density at radius 3 is 2.33 bits per heavy atom. The van der Waals surface area contributed by atoms with Gasteiger partial charge in [0.05, 0.1) is 5.60 Å². The Morgan fingerprint density at radius 2 is 1.75 bits per heavy atom. The molecule has 0 saturated heterocycles. The summed E-state index contributed by atoms with van der Waals surface area (Å²) in [6, 6.07) is 9.10. The third kappa shape index (κ3) is 3.13. The fourth-order valence-electron chi connectivity index (χ4n) is 6.43. The molecule has 1 aromatic rings. The van der Waals surface area contributed by atoms with Crippen LogP contribution in [0.2, 0.25) is 5.02 Å². The van der Waals surface area contributed by atoms with Crippen LogP contribution in [0.3, 0.4) is 0 Å². The molecular formula is C21H30ClNO. The molecule has 4 saturated carbocycles. The second kappa shape index (κ2) is 6.00. The Bertz CT molecular complexity index is 584. The molecule has 0 radical (unpaired) electrons. The molecule has 4 unspecified atom stereocenters. The van der Waals surface area contributed by atoms with Crippen LogP contribution in [0, 0.1) is 17.3 Å². The summed E-state index contributed by atoms with van der Waals surface area (Å²) in [6.07, 6.45) is 8.12. The number of rotatable bonds is 5. The van der Waals surface area contributed by atoms with E-state index in [2.05, 4.69) is 31.3 Å². The van der Waals surface area contributed by atoms with E-state index in [-0.39, 0.29) is 5.60 Å². The predicted octanol–water partition coefficient (Wildman–Crippen LogP) is 4.58. The first-order valence-electron chi connectivity index (χ1n) is 9.59. The lowest BCUT2D eigenvalue weighted by Crippen LogP contribution is -2.62. The van der Waals surface area contributed by atoms with Crippen molar-refractivity contribution in [3.05, 3.63) is 34.9 Å². The highest BCUT2D eigenvalue weighted by atomic mass is 35.5. The van der Waals surface area contributed by atoms with Gasteiger partial charge in [-0.05, 0) is 93.7 Å². The van der Waals surface area contributed by atoms with E-state index in [9.17, 15) is 5.11 Å². The average molecular weight is 348 g/mol. The van der Waals surface area contributed by atoms with Crippen LogP contribution in [-0.2, 0) is 6.42 Å². The van der Waals surface area contributed by atoms with E-state index in [0.717, 1.165) is 42.5 Å². The molecule has 2 nitrogen and oxygen atoms in total. The molecule has 0 heterocycles. The van der Waals surface area contributed by atoms with Gasteiger partial charge in [-0.1, -0.05) is 23.7 Å². The van der Waals surface area contributed by atoms with Crippen LogP contribution in [0.5, 0.6) is 0 Å². The first-order valence-corrected chi connectivity index (χ1v) is 9.97. The molecule has 0 spiro atoms. The van der Waals surface area contributed by atoms with E-state index < -0.39 is 0 Å². The normalized spacial score (nSPS) is 39.8. The third-order valence-electron chi connectivity index (χ3n) is 6.98. The summed E-state index contributed by atoms with van der Waals surface area (Å²) < 4.78 is 0. The minimum Gasteiger partial charge on any atom is -0.390 e. The lowest BCUT2D eigenvalue weighted by Gasteiger charge is -2.62. The maximum absolute atomic E-state index is 11.0. The van der Waals surface area contributed by atoms with Gasteiger partial charge in [-0.2, -0.15) is 0 Å². The van der Waals surface area contributed by atoms with E-state index in [4.69, 9.17) is 11.6 Å². The van der Waals surface area contributed by atoms with Gasteiger partial charge >= 0.3 is 0 Å². The molecule has 4 aliphatic rings. The average Bonchev–Trinajstić information content (AvgIpc) is 2.47. The Hall–Kier alpha value is -0.570.